The Hall–Kier alpha value is -2.48. The lowest BCUT2D eigenvalue weighted by Crippen LogP contribution is -2.52. The van der Waals surface area contributed by atoms with Crippen molar-refractivity contribution in [2.45, 2.75) is 19.8 Å². The Morgan fingerprint density at radius 2 is 1.79 bits per heavy atom. The molecular weight excluding hydrogens is 492 g/mol. The lowest BCUT2D eigenvalue weighted by atomic mass is 9.80. The minimum absolute atomic E-state index is 0. The Kier molecular flexibility index (Phi) is 13.6. The maximum absolute atomic E-state index is 12.9. The Morgan fingerprint density at radius 1 is 1.21 bits per heavy atom. The molecule has 2 rings (SSSR count). The van der Waals surface area contributed by atoms with Crippen molar-refractivity contribution in [1.29, 1.82) is 0 Å². The van der Waals surface area contributed by atoms with Crippen molar-refractivity contribution in [2.24, 2.45) is 0 Å². The van der Waals surface area contributed by atoms with E-state index in [-0.39, 0.29) is 24.3 Å². The van der Waals surface area contributed by atoms with E-state index >= 15 is 0 Å². The zero-order valence-corrected chi connectivity index (χ0v) is 21.0. The van der Waals surface area contributed by atoms with Crippen molar-refractivity contribution < 1.29 is 48.0 Å². The van der Waals surface area contributed by atoms with Crippen molar-refractivity contribution in [1.82, 2.24) is 5.32 Å². The van der Waals surface area contributed by atoms with Gasteiger partial charge in [-0.25, -0.2) is 18.0 Å². The van der Waals surface area contributed by atoms with Crippen LogP contribution in [0, 0.1) is 0 Å². The number of methoxy groups -OCH3 is 1. The molecule has 11 nitrogen and oxygen atoms in total. The van der Waals surface area contributed by atoms with Crippen LogP contribution in [-0.2, 0) is 33.9 Å². The molecule has 1 atom stereocenters. The fraction of sp³-hybridized carbons (Fsp3) is 0.429. The summed E-state index contributed by atoms with van der Waals surface area (Å²) in [6.07, 6.45) is 0.604. The number of esters is 2. The summed E-state index contributed by atoms with van der Waals surface area (Å²) in [5.41, 5.74) is 6.05. The van der Waals surface area contributed by atoms with Gasteiger partial charge in [0.15, 0.2) is 0 Å². The number of hydrogen-bond donors (Lipinski definition) is 2. The average Bonchev–Trinajstić information content (AvgIpc) is 2.72. The molecule has 0 bridgehead atoms. The Morgan fingerprint density at radius 3 is 2.29 bits per heavy atom. The first kappa shape index (κ1) is 31.5. The van der Waals surface area contributed by atoms with Gasteiger partial charge in [0, 0.05) is 17.0 Å². The second-order valence-electron chi connectivity index (χ2n) is 6.83. The second-order valence-corrected chi connectivity index (χ2v) is 8.65. The summed E-state index contributed by atoms with van der Waals surface area (Å²) in [4.78, 5) is 25.5. The van der Waals surface area contributed by atoms with E-state index in [4.69, 9.17) is 38.8 Å². The molecule has 192 valence electrons. The van der Waals surface area contributed by atoms with Gasteiger partial charge in [-0.15, -0.1) is 0 Å². The third-order valence-electron chi connectivity index (χ3n) is 4.30. The SMILES string of the molecule is CCOC(=O)C1=C(COCC[NH3+])NC(C)=C(C(=O)OC)[C@H]1c1ccccc1Cl.CS(=O)(=O)[O-].O. The van der Waals surface area contributed by atoms with Crippen molar-refractivity contribution in [3.63, 3.8) is 0 Å². The largest absolute Gasteiger partial charge is 0.748 e. The van der Waals surface area contributed by atoms with Crippen LogP contribution in [0.1, 0.15) is 25.3 Å². The van der Waals surface area contributed by atoms with E-state index in [9.17, 15) is 9.59 Å². The summed E-state index contributed by atoms with van der Waals surface area (Å²) < 4.78 is 43.1. The van der Waals surface area contributed by atoms with Crippen LogP contribution in [0.2, 0.25) is 5.02 Å². The van der Waals surface area contributed by atoms with E-state index in [0.717, 1.165) is 0 Å². The number of hydrogen-bond acceptors (Lipinski definition) is 9. The lowest BCUT2D eigenvalue weighted by molar-refractivity contribution is -0.373. The van der Waals surface area contributed by atoms with Crippen LogP contribution in [0.4, 0.5) is 0 Å². The van der Waals surface area contributed by atoms with Crippen molar-refractivity contribution in [3.05, 3.63) is 57.4 Å². The number of nitrogens with one attached hydrogen (secondary N) is 1. The van der Waals surface area contributed by atoms with Gasteiger partial charge in [0.05, 0.1) is 66.4 Å². The van der Waals surface area contributed by atoms with E-state index in [1.54, 1.807) is 38.1 Å². The van der Waals surface area contributed by atoms with E-state index in [1.165, 1.54) is 7.11 Å². The van der Waals surface area contributed by atoms with E-state index in [2.05, 4.69) is 11.1 Å². The highest BCUT2D eigenvalue weighted by atomic mass is 35.5. The fourth-order valence-corrected chi connectivity index (χ4v) is 3.38. The quantitative estimate of drug-likeness (QED) is 0.266. The molecule has 0 aliphatic carbocycles. The predicted octanol–water partition coefficient (Wildman–Crippen LogP) is -0.114. The highest BCUT2D eigenvalue weighted by Crippen LogP contribution is 2.41. The molecule has 1 heterocycles. The highest BCUT2D eigenvalue weighted by Gasteiger charge is 2.39. The van der Waals surface area contributed by atoms with Crippen molar-refractivity contribution in [3.8, 4) is 0 Å². The van der Waals surface area contributed by atoms with Crippen LogP contribution in [0.5, 0.6) is 0 Å². The number of rotatable bonds is 8. The normalized spacial score (nSPS) is 15.4. The molecule has 6 N–H and O–H groups in total. The number of allylic oxidation sites excluding steroid dienone is 1. The van der Waals surface area contributed by atoms with Crippen LogP contribution in [0.15, 0.2) is 46.8 Å². The van der Waals surface area contributed by atoms with Gasteiger partial charge in [-0.05, 0) is 25.5 Å². The molecule has 13 heteroatoms. The minimum Gasteiger partial charge on any atom is -0.748 e. The van der Waals surface area contributed by atoms with Crippen LogP contribution in [0.3, 0.4) is 0 Å². The molecule has 1 aliphatic rings. The van der Waals surface area contributed by atoms with E-state index in [0.29, 0.717) is 47.0 Å². The number of ether oxygens (including phenoxy) is 3. The molecule has 1 aliphatic heterocycles. The predicted molar refractivity (Wildman–Crippen MR) is 124 cm³/mol. The van der Waals surface area contributed by atoms with Gasteiger partial charge < -0.3 is 35.3 Å². The Balaban J connectivity index is 0.00000164. The molecule has 0 saturated heterocycles. The molecule has 0 fully saturated rings. The van der Waals surface area contributed by atoms with Crippen LogP contribution < -0.4 is 11.1 Å². The Labute approximate surface area is 203 Å². The summed E-state index contributed by atoms with van der Waals surface area (Å²) in [5.74, 6) is -1.82. The summed E-state index contributed by atoms with van der Waals surface area (Å²) in [7, 11) is -2.62. The zero-order chi connectivity index (χ0) is 25.2. The van der Waals surface area contributed by atoms with Gasteiger partial charge in [-0.3, -0.25) is 0 Å². The van der Waals surface area contributed by atoms with Crippen molar-refractivity contribution in [2.75, 3.05) is 39.7 Å². The maximum Gasteiger partial charge on any atom is 0.336 e. The molecule has 0 spiro atoms. The standard InChI is InChI=1S/C20H25ClN2O5.CH4O3S.H2O/c1-4-28-20(25)18-15(11-27-10-9-22)23-12(2)16(19(24)26-3)17(18)13-7-5-6-8-14(13)21;1-5(2,3)4;/h5-8,17,23H,4,9-11,22H2,1-3H3;1H3,(H,2,3,4);1H2/t17-;;/m1../s1. The number of halogens is 1. The highest BCUT2D eigenvalue weighted by molar-refractivity contribution is 7.84. The number of quaternary nitrogens is 1. The van der Waals surface area contributed by atoms with E-state index < -0.39 is 28.0 Å². The molecule has 0 amide bonds. The number of dihydropyridines is 1. The lowest BCUT2D eigenvalue weighted by Gasteiger charge is -2.31. The summed E-state index contributed by atoms with van der Waals surface area (Å²) in [5, 5.41) is 3.55. The third kappa shape index (κ3) is 9.41. The van der Waals surface area contributed by atoms with Gasteiger partial charge in [0.1, 0.15) is 0 Å². The first-order valence-electron chi connectivity index (χ1n) is 9.94. The van der Waals surface area contributed by atoms with Gasteiger partial charge in [0.25, 0.3) is 0 Å². The topological polar surface area (TPSA) is 190 Å². The molecule has 1 aromatic carbocycles. The molecule has 0 aromatic heterocycles. The molecule has 0 unspecified atom stereocenters. The second kappa shape index (κ2) is 14.7. The van der Waals surface area contributed by atoms with E-state index in [1.807, 2.05) is 0 Å². The van der Waals surface area contributed by atoms with Crippen LogP contribution in [-0.4, -0.2) is 70.1 Å². The number of carbonyl (C=O) groups is 2. The zero-order valence-electron chi connectivity index (χ0n) is 19.5. The van der Waals surface area contributed by atoms with Gasteiger partial charge in [-0.2, -0.15) is 0 Å². The monoisotopic (exact) mass is 522 g/mol. The number of carbonyl (C=O) groups excluding carboxylic acids is 2. The fourth-order valence-electron chi connectivity index (χ4n) is 3.14. The van der Waals surface area contributed by atoms with Crippen LogP contribution in [0.25, 0.3) is 0 Å². The first-order valence-corrected chi connectivity index (χ1v) is 12.1. The number of benzene rings is 1. The maximum atomic E-state index is 12.9. The molecule has 1 aromatic rings. The summed E-state index contributed by atoms with van der Waals surface area (Å²) >= 11 is 6.43. The van der Waals surface area contributed by atoms with Gasteiger partial charge >= 0.3 is 11.9 Å². The van der Waals surface area contributed by atoms with Gasteiger partial charge in [-0.1, -0.05) is 29.8 Å². The third-order valence-corrected chi connectivity index (χ3v) is 4.64. The van der Waals surface area contributed by atoms with Gasteiger partial charge in [0.2, 0.25) is 0 Å². The van der Waals surface area contributed by atoms with Crippen molar-refractivity contribution >= 4 is 33.7 Å². The summed E-state index contributed by atoms with van der Waals surface area (Å²) in [6, 6.07) is 7.08. The molecular formula is C21H31ClN2O9S. The average molecular weight is 523 g/mol. The molecule has 0 saturated carbocycles. The first-order chi connectivity index (χ1) is 15.5. The smallest absolute Gasteiger partial charge is 0.336 e. The Bertz CT molecular complexity index is 1010. The minimum atomic E-state index is -3.92. The van der Waals surface area contributed by atoms with Crippen LogP contribution >= 0.6 is 11.6 Å². The summed E-state index contributed by atoms with van der Waals surface area (Å²) in [6.45, 7) is 4.85. The molecule has 34 heavy (non-hydrogen) atoms. The molecule has 0 radical (unpaired) electrons.